The van der Waals surface area contributed by atoms with E-state index in [1.165, 1.54) is 10.8 Å². The van der Waals surface area contributed by atoms with Gasteiger partial charge in [-0.1, -0.05) is 72.8 Å². The number of benzene rings is 7. The van der Waals surface area contributed by atoms with E-state index in [1.54, 1.807) is 0 Å². The highest BCUT2D eigenvalue weighted by Gasteiger charge is 2.20. The van der Waals surface area contributed by atoms with Crippen molar-refractivity contribution in [2.75, 3.05) is 0 Å². The molecule has 214 valence electrons. The van der Waals surface area contributed by atoms with E-state index in [1.807, 2.05) is 24.3 Å². The highest BCUT2D eigenvalue weighted by molar-refractivity contribution is 6.25. The van der Waals surface area contributed by atoms with E-state index in [9.17, 15) is 0 Å². The largest absolute Gasteiger partial charge is 0.455 e. The Kier molecular flexibility index (Phi) is 4.55. The summed E-state index contributed by atoms with van der Waals surface area (Å²) in [7, 11) is 0. The average molecular weight is 589 g/mol. The van der Waals surface area contributed by atoms with Crippen LogP contribution in [0.15, 0.2) is 154 Å². The maximum Gasteiger partial charge on any atom is 0.145 e. The summed E-state index contributed by atoms with van der Waals surface area (Å²) in [6.07, 6.45) is 0. The third kappa shape index (κ3) is 3.03. The highest BCUT2D eigenvalue weighted by Crippen LogP contribution is 2.42. The Hall–Kier alpha value is -6.26. The van der Waals surface area contributed by atoms with Crippen LogP contribution in [0.2, 0.25) is 0 Å². The van der Waals surface area contributed by atoms with Crippen molar-refractivity contribution in [3.8, 4) is 11.4 Å². The lowest BCUT2D eigenvalue weighted by Crippen LogP contribution is -1.97. The van der Waals surface area contributed by atoms with E-state index < -0.39 is 0 Å². The highest BCUT2D eigenvalue weighted by atomic mass is 16.3. The molecule has 0 aliphatic heterocycles. The van der Waals surface area contributed by atoms with Crippen LogP contribution < -0.4 is 0 Å². The Labute approximate surface area is 261 Å². The van der Waals surface area contributed by atoms with Crippen LogP contribution in [0.25, 0.3) is 98.9 Å². The minimum Gasteiger partial charge on any atom is -0.455 e. The molecule has 11 aromatic rings. The van der Waals surface area contributed by atoms with Crippen LogP contribution in [0.4, 0.5) is 0 Å². The molecule has 0 radical (unpaired) electrons. The molecule has 4 heterocycles. The summed E-state index contributed by atoms with van der Waals surface area (Å²) in [4.78, 5) is 0. The number of aromatic nitrogens is 2. The van der Waals surface area contributed by atoms with Crippen molar-refractivity contribution in [1.82, 2.24) is 9.13 Å². The standard InChI is InChI=1S/C42H24N2O2/c1-5-13-33-31(11-1)39-35(23-21-29-27-9-3-7-15-37(27)45-41(29)39)43(33)25-17-19-26(20-18-25)44-34-14-6-2-12-32(34)40-36(44)24-22-30-28-10-4-8-16-38(28)46-42(30)40/h1-24H. The van der Waals surface area contributed by atoms with Gasteiger partial charge in [0, 0.05) is 43.7 Å². The first-order chi connectivity index (χ1) is 22.8. The fourth-order valence-corrected chi connectivity index (χ4v) is 7.78. The zero-order chi connectivity index (χ0) is 29.9. The van der Waals surface area contributed by atoms with Crippen LogP contribution in [-0.2, 0) is 0 Å². The van der Waals surface area contributed by atoms with E-state index >= 15 is 0 Å². The molecule has 0 bridgehead atoms. The summed E-state index contributed by atoms with van der Waals surface area (Å²) in [5.74, 6) is 0. The van der Waals surface area contributed by atoms with Crippen molar-refractivity contribution in [2.24, 2.45) is 0 Å². The molecule has 11 rings (SSSR count). The number of para-hydroxylation sites is 4. The van der Waals surface area contributed by atoms with Crippen LogP contribution >= 0.6 is 0 Å². The fraction of sp³-hybridized carbons (Fsp3) is 0. The molecule has 0 spiro atoms. The molecule has 4 nitrogen and oxygen atoms in total. The molecule has 0 atom stereocenters. The molecule has 0 amide bonds. The molecule has 0 saturated heterocycles. The van der Waals surface area contributed by atoms with Crippen LogP contribution in [0.3, 0.4) is 0 Å². The molecule has 0 N–H and O–H groups in total. The Balaban J connectivity index is 1.15. The lowest BCUT2D eigenvalue weighted by Gasteiger charge is -2.11. The van der Waals surface area contributed by atoms with Gasteiger partial charge in [-0.15, -0.1) is 0 Å². The van der Waals surface area contributed by atoms with Gasteiger partial charge >= 0.3 is 0 Å². The van der Waals surface area contributed by atoms with Gasteiger partial charge in [0.15, 0.2) is 0 Å². The Bertz CT molecular complexity index is 2810. The van der Waals surface area contributed by atoms with Gasteiger partial charge in [0.05, 0.1) is 32.8 Å². The monoisotopic (exact) mass is 588 g/mol. The Morgan fingerprint density at radius 1 is 0.304 bits per heavy atom. The number of nitrogens with zero attached hydrogens (tertiary/aromatic N) is 2. The average Bonchev–Trinajstić information content (AvgIpc) is 3.85. The summed E-state index contributed by atoms with van der Waals surface area (Å²) < 4.78 is 17.7. The predicted molar refractivity (Wildman–Crippen MR) is 190 cm³/mol. The smallest absolute Gasteiger partial charge is 0.145 e. The third-order valence-corrected chi connectivity index (χ3v) is 9.73. The van der Waals surface area contributed by atoms with E-state index in [0.29, 0.717) is 0 Å². The van der Waals surface area contributed by atoms with E-state index in [-0.39, 0.29) is 0 Å². The van der Waals surface area contributed by atoms with Gasteiger partial charge in [-0.05, 0) is 72.8 Å². The van der Waals surface area contributed by atoms with Crippen LogP contribution in [0.1, 0.15) is 0 Å². The van der Waals surface area contributed by atoms with E-state index in [2.05, 4.69) is 130 Å². The summed E-state index contributed by atoms with van der Waals surface area (Å²) >= 11 is 0. The maximum absolute atomic E-state index is 6.50. The number of hydrogen-bond acceptors (Lipinski definition) is 2. The number of furan rings is 2. The number of rotatable bonds is 2. The third-order valence-electron chi connectivity index (χ3n) is 9.73. The molecule has 0 fully saturated rings. The van der Waals surface area contributed by atoms with Crippen molar-refractivity contribution in [3.05, 3.63) is 146 Å². The molecule has 0 saturated carbocycles. The quantitative estimate of drug-likeness (QED) is 0.201. The van der Waals surface area contributed by atoms with Crippen molar-refractivity contribution >= 4 is 87.5 Å². The maximum atomic E-state index is 6.50. The summed E-state index contributed by atoms with van der Waals surface area (Å²) in [6, 6.07) is 51.6. The van der Waals surface area contributed by atoms with Crippen molar-refractivity contribution in [3.63, 3.8) is 0 Å². The van der Waals surface area contributed by atoms with Crippen molar-refractivity contribution < 1.29 is 8.83 Å². The van der Waals surface area contributed by atoms with Crippen molar-refractivity contribution in [2.45, 2.75) is 0 Å². The zero-order valence-corrected chi connectivity index (χ0v) is 24.6. The van der Waals surface area contributed by atoms with E-state index in [4.69, 9.17) is 8.83 Å². The van der Waals surface area contributed by atoms with Gasteiger partial charge in [0.2, 0.25) is 0 Å². The molecule has 46 heavy (non-hydrogen) atoms. The minimum absolute atomic E-state index is 0.914. The lowest BCUT2D eigenvalue weighted by atomic mass is 10.1. The zero-order valence-electron chi connectivity index (χ0n) is 24.6. The van der Waals surface area contributed by atoms with Crippen LogP contribution in [-0.4, -0.2) is 9.13 Å². The minimum atomic E-state index is 0.914. The van der Waals surface area contributed by atoms with Crippen LogP contribution in [0, 0.1) is 0 Å². The molecule has 4 aromatic heterocycles. The van der Waals surface area contributed by atoms with Crippen LogP contribution in [0.5, 0.6) is 0 Å². The molecule has 4 heteroatoms. The Morgan fingerprint density at radius 2 is 0.696 bits per heavy atom. The van der Waals surface area contributed by atoms with Gasteiger partial charge in [0.1, 0.15) is 22.3 Å². The molecule has 0 aliphatic carbocycles. The molecular formula is C42H24N2O2. The van der Waals surface area contributed by atoms with Gasteiger partial charge < -0.3 is 18.0 Å². The van der Waals surface area contributed by atoms with Gasteiger partial charge in [-0.25, -0.2) is 0 Å². The first kappa shape index (κ1) is 24.1. The molecule has 0 aliphatic rings. The van der Waals surface area contributed by atoms with Gasteiger partial charge in [0.25, 0.3) is 0 Å². The second-order valence-corrected chi connectivity index (χ2v) is 12.1. The lowest BCUT2D eigenvalue weighted by molar-refractivity contribution is 0.672. The predicted octanol–water partition coefficient (Wildman–Crippen LogP) is 11.7. The normalized spacial score (nSPS) is 12.3. The molecular weight excluding hydrogens is 564 g/mol. The second-order valence-electron chi connectivity index (χ2n) is 12.1. The number of hydrogen-bond donors (Lipinski definition) is 0. The molecule has 7 aromatic carbocycles. The number of fused-ring (bicyclic) bond motifs is 14. The van der Waals surface area contributed by atoms with Gasteiger partial charge in [-0.2, -0.15) is 0 Å². The summed E-state index contributed by atoms with van der Waals surface area (Å²) in [6.45, 7) is 0. The fourth-order valence-electron chi connectivity index (χ4n) is 7.78. The Morgan fingerprint density at radius 3 is 1.15 bits per heavy atom. The first-order valence-corrected chi connectivity index (χ1v) is 15.6. The van der Waals surface area contributed by atoms with Gasteiger partial charge in [-0.3, -0.25) is 0 Å². The first-order valence-electron chi connectivity index (χ1n) is 15.6. The second kappa shape index (κ2) is 8.68. The SMILES string of the molecule is c1ccc2c(c1)oc1c2ccc2c1c1ccccc1n2-c1ccc(-n2c3ccccc3c3c4oc5ccccc5c4ccc32)cc1. The summed E-state index contributed by atoms with van der Waals surface area (Å²) in [5.41, 5.74) is 10.5. The van der Waals surface area contributed by atoms with E-state index in [0.717, 1.165) is 88.1 Å². The van der Waals surface area contributed by atoms with Crippen molar-refractivity contribution in [1.29, 1.82) is 0 Å². The summed E-state index contributed by atoms with van der Waals surface area (Å²) in [5, 5.41) is 9.24. The molecule has 0 unspecified atom stereocenters. The topological polar surface area (TPSA) is 36.1 Å².